The highest BCUT2D eigenvalue weighted by Gasteiger charge is 2.32. The molecule has 0 bridgehead atoms. The van der Waals surface area contributed by atoms with Crippen molar-refractivity contribution >= 4 is 11.7 Å². The van der Waals surface area contributed by atoms with E-state index < -0.39 is 5.97 Å². The van der Waals surface area contributed by atoms with E-state index in [0.29, 0.717) is 6.42 Å². The Labute approximate surface area is 87.4 Å². The molecule has 4 nitrogen and oxygen atoms in total. The Kier molecular flexibility index (Phi) is 2.41. The van der Waals surface area contributed by atoms with Gasteiger partial charge in [-0.3, -0.25) is 0 Å². The van der Waals surface area contributed by atoms with Gasteiger partial charge in [-0.15, -0.1) is 0 Å². The summed E-state index contributed by atoms with van der Waals surface area (Å²) in [7, 11) is 1.31. The Hall–Kier alpha value is -1.84. The molecule has 0 saturated heterocycles. The Morgan fingerprint density at radius 1 is 1.47 bits per heavy atom. The minimum atomic E-state index is -0.510. The van der Waals surface area contributed by atoms with E-state index in [2.05, 4.69) is 4.74 Å². The SMILES string of the molecule is COC(=O)C1=C(O)CCc2cccc[n+]21. The summed E-state index contributed by atoms with van der Waals surface area (Å²) in [6, 6.07) is 5.64. The molecule has 1 aromatic heterocycles. The van der Waals surface area contributed by atoms with Crippen molar-refractivity contribution in [3.8, 4) is 0 Å². The number of carbonyl (C=O) groups is 1. The van der Waals surface area contributed by atoms with E-state index in [1.807, 2.05) is 18.2 Å². The highest BCUT2D eigenvalue weighted by atomic mass is 16.5. The number of ether oxygens (including phenoxy) is 1. The Bertz CT molecular complexity index is 437. The number of rotatable bonds is 1. The number of pyridine rings is 1. The molecule has 2 rings (SSSR count). The number of aryl methyl sites for hydroxylation is 1. The van der Waals surface area contributed by atoms with Crippen LogP contribution in [0.5, 0.6) is 0 Å². The second kappa shape index (κ2) is 3.73. The smallest absolute Gasteiger partial charge is 0.407 e. The van der Waals surface area contributed by atoms with Gasteiger partial charge in [0.2, 0.25) is 0 Å². The molecule has 1 aromatic rings. The maximum atomic E-state index is 11.5. The summed E-state index contributed by atoms with van der Waals surface area (Å²) in [5.41, 5.74) is 1.22. The second-order valence-corrected chi connectivity index (χ2v) is 3.35. The number of fused-ring (bicyclic) bond motifs is 1. The van der Waals surface area contributed by atoms with Gasteiger partial charge < -0.3 is 9.84 Å². The first kappa shape index (κ1) is 9.71. The van der Waals surface area contributed by atoms with Crippen molar-refractivity contribution in [2.24, 2.45) is 0 Å². The lowest BCUT2D eigenvalue weighted by Crippen LogP contribution is -2.43. The first-order valence-corrected chi connectivity index (χ1v) is 4.74. The quantitative estimate of drug-likeness (QED) is 0.546. The van der Waals surface area contributed by atoms with Crippen LogP contribution in [0, 0.1) is 0 Å². The fourth-order valence-electron chi connectivity index (χ4n) is 1.72. The molecule has 0 saturated carbocycles. The molecule has 0 spiro atoms. The Morgan fingerprint density at radius 3 is 3.00 bits per heavy atom. The third kappa shape index (κ3) is 1.58. The number of hydrogen-bond acceptors (Lipinski definition) is 3. The van der Waals surface area contributed by atoms with Gasteiger partial charge in [0.25, 0.3) is 0 Å². The molecule has 0 amide bonds. The predicted molar refractivity (Wildman–Crippen MR) is 52.8 cm³/mol. The van der Waals surface area contributed by atoms with Crippen LogP contribution in [0.3, 0.4) is 0 Å². The predicted octanol–water partition coefficient (Wildman–Crippen LogP) is 0.820. The molecular weight excluding hydrogens is 194 g/mol. The number of hydrogen-bond donors (Lipinski definition) is 1. The Morgan fingerprint density at radius 2 is 2.27 bits per heavy atom. The topological polar surface area (TPSA) is 50.4 Å². The van der Waals surface area contributed by atoms with Crippen molar-refractivity contribution in [3.63, 3.8) is 0 Å². The summed E-state index contributed by atoms with van der Waals surface area (Å²) >= 11 is 0. The zero-order valence-corrected chi connectivity index (χ0v) is 8.43. The molecule has 1 aliphatic rings. The summed E-state index contributed by atoms with van der Waals surface area (Å²) in [4.78, 5) is 11.5. The number of esters is 1. The summed E-state index contributed by atoms with van der Waals surface area (Å²) < 4.78 is 6.31. The molecular formula is C11H12NO3+. The van der Waals surface area contributed by atoms with Crippen molar-refractivity contribution in [2.75, 3.05) is 7.11 Å². The van der Waals surface area contributed by atoms with Gasteiger partial charge in [0.05, 0.1) is 7.11 Å². The summed E-state index contributed by atoms with van der Waals surface area (Å²) in [6.07, 6.45) is 2.96. The standard InChI is InChI=1S/C11H11NO3/c1-15-11(14)10-9(13)6-5-8-4-2-3-7-12(8)10/h2-4,7H,5-6H2,1H3/p+1. The van der Waals surface area contributed by atoms with Crippen molar-refractivity contribution in [3.05, 3.63) is 35.8 Å². The van der Waals surface area contributed by atoms with Gasteiger partial charge in [-0.2, -0.15) is 4.57 Å². The molecule has 1 N–H and O–H groups in total. The lowest BCUT2D eigenvalue weighted by molar-refractivity contribution is -0.591. The van der Waals surface area contributed by atoms with Gasteiger partial charge >= 0.3 is 11.7 Å². The van der Waals surface area contributed by atoms with Crippen molar-refractivity contribution in [1.82, 2.24) is 0 Å². The molecule has 0 aromatic carbocycles. The van der Waals surface area contributed by atoms with E-state index in [9.17, 15) is 9.90 Å². The van der Waals surface area contributed by atoms with Crippen LogP contribution >= 0.6 is 0 Å². The van der Waals surface area contributed by atoms with Gasteiger partial charge in [-0.1, -0.05) is 6.07 Å². The van der Waals surface area contributed by atoms with Gasteiger partial charge in [0.1, 0.15) is 0 Å². The van der Waals surface area contributed by atoms with Crippen LogP contribution in [0.1, 0.15) is 12.1 Å². The zero-order chi connectivity index (χ0) is 10.8. The van der Waals surface area contributed by atoms with Crippen LogP contribution in [-0.4, -0.2) is 18.2 Å². The molecule has 1 aliphatic heterocycles. The van der Waals surface area contributed by atoms with E-state index in [0.717, 1.165) is 12.1 Å². The Balaban J connectivity index is 2.55. The second-order valence-electron chi connectivity index (χ2n) is 3.35. The maximum Gasteiger partial charge on any atom is 0.407 e. The zero-order valence-electron chi connectivity index (χ0n) is 8.43. The molecule has 0 fully saturated rings. The number of aromatic nitrogens is 1. The number of nitrogens with zero attached hydrogens (tertiary/aromatic N) is 1. The maximum absolute atomic E-state index is 11.5. The molecule has 15 heavy (non-hydrogen) atoms. The number of allylic oxidation sites excluding steroid dienone is 1. The van der Waals surface area contributed by atoms with Crippen LogP contribution in [0.4, 0.5) is 0 Å². The fourth-order valence-corrected chi connectivity index (χ4v) is 1.72. The third-order valence-corrected chi connectivity index (χ3v) is 2.46. The molecule has 0 atom stereocenters. The highest BCUT2D eigenvalue weighted by molar-refractivity contribution is 6.06. The van der Waals surface area contributed by atoms with E-state index >= 15 is 0 Å². The lowest BCUT2D eigenvalue weighted by Gasteiger charge is -2.11. The van der Waals surface area contributed by atoms with Crippen molar-refractivity contribution in [1.29, 1.82) is 0 Å². The molecule has 78 valence electrons. The molecule has 2 heterocycles. The number of aliphatic hydroxyl groups is 1. The van der Waals surface area contributed by atoms with E-state index in [-0.39, 0.29) is 11.5 Å². The van der Waals surface area contributed by atoms with Crippen molar-refractivity contribution < 1.29 is 19.2 Å². The molecule has 0 radical (unpaired) electrons. The van der Waals surface area contributed by atoms with Gasteiger partial charge in [0, 0.05) is 25.0 Å². The highest BCUT2D eigenvalue weighted by Crippen LogP contribution is 2.16. The molecule has 4 heteroatoms. The van der Waals surface area contributed by atoms with E-state index in [4.69, 9.17) is 0 Å². The minimum absolute atomic E-state index is 0.0885. The summed E-state index contributed by atoms with van der Waals surface area (Å²) in [5, 5.41) is 9.68. The van der Waals surface area contributed by atoms with Crippen LogP contribution in [0.25, 0.3) is 5.70 Å². The first-order valence-electron chi connectivity index (χ1n) is 4.74. The largest absolute Gasteiger partial charge is 0.506 e. The average Bonchev–Trinajstić information content (AvgIpc) is 2.28. The average molecular weight is 206 g/mol. The normalized spacial score (nSPS) is 14.7. The summed E-state index contributed by atoms with van der Waals surface area (Å²) in [5.74, 6) is -0.421. The molecule has 0 unspecified atom stereocenters. The van der Waals surface area contributed by atoms with Crippen LogP contribution in [0.2, 0.25) is 0 Å². The van der Waals surface area contributed by atoms with E-state index in [1.165, 1.54) is 7.11 Å². The lowest BCUT2D eigenvalue weighted by atomic mass is 10.1. The van der Waals surface area contributed by atoms with Crippen LogP contribution in [0.15, 0.2) is 30.2 Å². The third-order valence-electron chi connectivity index (χ3n) is 2.46. The van der Waals surface area contributed by atoms with Crippen LogP contribution in [-0.2, 0) is 16.0 Å². The summed E-state index contributed by atoms with van der Waals surface area (Å²) in [6.45, 7) is 0. The number of carbonyl (C=O) groups excluding carboxylic acids is 1. The van der Waals surface area contributed by atoms with Gasteiger partial charge in [0.15, 0.2) is 17.6 Å². The van der Waals surface area contributed by atoms with E-state index in [1.54, 1.807) is 10.8 Å². The van der Waals surface area contributed by atoms with Gasteiger partial charge in [-0.05, 0) is 0 Å². The van der Waals surface area contributed by atoms with Crippen LogP contribution < -0.4 is 4.57 Å². The fraction of sp³-hybridized carbons (Fsp3) is 0.273. The number of aliphatic hydroxyl groups excluding tert-OH is 1. The number of methoxy groups -OCH3 is 1. The minimum Gasteiger partial charge on any atom is -0.506 e. The monoisotopic (exact) mass is 206 g/mol. The first-order chi connectivity index (χ1) is 7.24. The molecule has 0 aliphatic carbocycles. The van der Waals surface area contributed by atoms with Crippen molar-refractivity contribution in [2.45, 2.75) is 12.8 Å². The van der Waals surface area contributed by atoms with Gasteiger partial charge in [-0.25, -0.2) is 4.79 Å².